The van der Waals surface area contributed by atoms with Gasteiger partial charge in [0.25, 0.3) is 0 Å². The van der Waals surface area contributed by atoms with Crippen LogP contribution in [0, 0.1) is 6.92 Å². The van der Waals surface area contributed by atoms with Crippen molar-refractivity contribution in [1.29, 1.82) is 0 Å². The fourth-order valence-corrected chi connectivity index (χ4v) is 2.47. The van der Waals surface area contributed by atoms with Crippen LogP contribution in [0.15, 0.2) is 24.3 Å². The first-order valence-electron chi connectivity index (χ1n) is 6.40. The first kappa shape index (κ1) is 11.3. The van der Waals surface area contributed by atoms with Gasteiger partial charge in [-0.15, -0.1) is 5.10 Å². The minimum absolute atomic E-state index is 0.414. The molecule has 1 aromatic heterocycles. The number of piperidine rings is 1. The quantitative estimate of drug-likeness (QED) is 0.870. The Hall–Kier alpha value is -1.75. The van der Waals surface area contributed by atoms with Crippen molar-refractivity contribution >= 4 is 0 Å². The Bertz CT molecular complexity index is 528. The van der Waals surface area contributed by atoms with Crippen LogP contribution in [0.1, 0.15) is 24.4 Å². The van der Waals surface area contributed by atoms with Gasteiger partial charge in [-0.3, -0.25) is 0 Å². The van der Waals surface area contributed by atoms with E-state index in [1.165, 1.54) is 5.56 Å². The molecule has 0 spiro atoms. The SMILES string of the molecule is Cc1cccc(-c2nnnn2C2CCNCC2)c1. The van der Waals surface area contributed by atoms with Crippen molar-refractivity contribution in [2.24, 2.45) is 0 Å². The second-order valence-corrected chi connectivity index (χ2v) is 4.80. The summed E-state index contributed by atoms with van der Waals surface area (Å²) in [4.78, 5) is 0. The molecule has 0 unspecified atom stereocenters. The Labute approximate surface area is 106 Å². The Morgan fingerprint density at radius 1 is 1.28 bits per heavy atom. The standard InChI is InChI=1S/C13H17N5/c1-10-3-2-4-11(9-10)13-15-16-17-18(13)12-5-7-14-8-6-12/h2-4,9,12,14H,5-8H2,1H3. The highest BCUT2D eigenvalue weighted by Gasteiger charge is 2.20. The summed E-state index contributed by atoms with van der Waals surface area (Å²) < 4.78 is 1.98. The van der Waals surface area contributed by atoms with E-state index in [-0.39, 0.29) is 0 Å². The van der Waals surface area contributed by atoms with E-state index in [9.17, 15) is 0 Å². The molecule has 0 atom stereocenters. The van der Waals surface area contributed by atoms with E-state index in [1.807, 2.05) is 10.7 Å². The first-order valence-corrected chi connectivity index (χ1v) is 6.40. The van der Waals surface area contributed by atoms with E-state index >= 15 is 0 Å². The van der Waals surface area contributed by atoms with Crippen molar-refractivity contribution in [1.82, 2.24) is 25.5 Å². The summed E-state index contributed by atoms with van der Waals surface area (Å²) in [5, 5.41) is 15.6. The number of hydrogen-bond acceptors (Lipinski definition) is 4. The lowest BCUT2D eigenvalue weighted by Crippen LogP contribution is -2.30. The molecule has 0 radical (unpaired) electrons. The number of aryl methyl sites for hydroxylation is 1. The monoisotopic (exact) mass is 243 g/mol. The summed E-state index contributed by atoms with van der Waals surface area (Å²) in [7, 11) is 0. The Balaban J connectivity index is 1.95. The minimum Gasteiger partial charge on any atom is -0.317 e. The van der Waals surface area contributed by atoms with Crippen LogP contribution in [-0.2, 0) is 0 Å². The summed E-state index contributed by atoms with van der Waals surface area (Å²) in [6.45, 7) is 4.16. The first-order chi connectivity index (χ1) is 8.84. The molecule has 5 heteroatoms. The molecule has 3 rings (SSSR count). The molecule has 0 aliphatic carbocycles. The average molecular weight is 243 g/mol. The maximum atomic E-state index is 4.18. The molecular formula is C13H17N5. The predicted octanol–water partition coefficient (Wildman–Crippen LogP) is 1.57. The molecule has 18 heavy (non-hydrogen) atoms. The third-order valence-corrected chi connectivity index (χ3v) is 3.42. The number of hydrogen-bond donors (Lipinski definition) is 1. The number of nitrogens with one attached hydrogen (secondary N) is 1. The van der Waals surface area contributed by atoms with Crippen LogP contribution in [0.2, 0.25) is 0 Å². The maximum absolute atomic E-state index is 4.18. The van der Waals surface area contributed by atoms with Gasteiger partial charge < -0.3 is 5.32 Å². The Morgan fingerprint density at radius 3 is 2.89 bits per heavy atom. The van der Waals surface area contributed by atoms with Crippen LogP contribution >= 0.6 is 0 Å². The lowest BCUT2D eigenvalue weighted by Gasteiger charge is -2.23. The van der Waals surface area contributed by atoms with E-state index in [4.69, 9.17) is 0 Å². The molecule has 0 amide bonds. The normalized spacial score (nSPS) is 16.9. The molecule has 1 aliphatic heterocycles. The third-order valence-electron chi connectivity index (χ3n) is 3.42. The number of tetrazole rings is 1. The minimum atomic E-state index is 0.414. The van der Waals surface area contributed by atoms with Crippen LogP contribution in [0.25, 0.3) is 11.4 Å². The lowest BCUT2D eigenvalue weighted by molar-refractivity contribution is 0.340. The van der Waals surface area contributed by atoms with E-state index in [2.05, 4.69) is 46.0 Å². The molecule has 0 saturated carbocycles. The maximum Gasteiger partial charge on any atom is 0.182 e. The van der Waals surface area contributed by atoms with Gasteiger partial charge in [0.2, 0.25) is 0 Å². The molecule has 1 aliphatic rings. The van der Waals surface area contributed by atoms with E-state index in [1.54, 1.807) is 0 Å². The summed E-state index contributed by atoms with van der Waals surface area (Å²) in [5.74, 6) is 0.880. The second-order valence-electron chi connectivity index (χ2n) is 4.80. The van der Waals surface area contributed by atoms with Crippen LogP contribution in [0.3, 0.4) is 0 Å². The Morgan fingerprint density at radius 2 is 2.11 bits per heavy atom. The van der Waals surface area contributed by atoms with E-state index in [0.717, 1.165) is 37.3 Å². The molecule has 5 nitrogen and oxygen atoms in total. The molecular weight excluding hydrogens is 226 g/mol. The van der Waals surface area contributed by atoms with Gasteiger partial charge >= 0.3 is 0 Å². The molecule has 1 aromatic carbocycles. The van der Waals surface area contributed by atoms with Crippen molar-refractivity contribution in [3.8, 4) is 11.4 Å². The summed E-state index contributed by atoms with van der Waals surface area (Å²) in [6, 6.07) is 8.74. The largest absolute Gasteiger partial charge is 0.317 e. The van der Waals surface area contributed by atoms with Crippen LogP contribution in [-0.4, -0.2) is 33.3 Å². The molecule has 2 aromatic rings. The highest BCUT2D eigenvalue weighted by Crippen LogP contribution is 2.24. The van der Waals surface area contributed by atoms with Crippen molar-refractivity contribution in [3.63, 3.8) is 0 Å². The summed E-state index contributed by atoms with van der Waals surface area (Å²) in [5.41, 5.74) is 2.32. The number of benzene rings is 1. The zero-order valence-corrected chi connectivity index (χ0v) is 10.5. The van der Waals surface area contributed by atoms with E-state index < -0.39 is 0 Å². The van der Waals surface area contributed by atoms with E-state index in [0.29, 0.717) is 6.04 Å². The fraction of sp³-hybridized carbons (Fsp3) is 0.462. The molecule has 1 fully saturated rings. The van der Waals surface area contributed by atoms with Gasteiger partial charge in [0, 0.05) is 5.56 Å². The van der Waals surface area contributed by atoms with Crippen LogP contribution < -0.4 is 5.32 Å². The molecule has 94 valence electrons. The van der Waals surface area contributed by atoms with Crippen molar-refractivity contribution in [2.45, 2.75) is 25.8 Å². The molecule has 1 N–H and O–H groups in total. The zero-order chi connectivity index (χ0) is 12.4. The van der Waals surface area contributed by atoms with Gasteiger partial charge in [0.1, 0.15) is 0 Å². The third kappa shape index (κ3) is 2.13. The number of nitrogens with zero attached hydrogens (tertiary/aromatic N) is 4. The highest BCUT2D eigenvalue weighted by molar-refractivity contribution is 5.55. The Kier molecular flexibility index (Phi) is 3.06. The van der Waals surface area contributed by atoms with Crippen molar-refractivity contribution in [3.05, 3.63) is 29.8 Å². The van der Waals surface area contributed by atoms with Crippen molar-refractivity contribution < 1.29 is 0 Å². The average Bonchev–Trinajstić information content (AvgIpc) is 2.89. The summed E-state index contributed by atoms with van der Waals surface area (Å²) >= 11 is 0. The highest BCUT2D eigenvalue weighted by atomic mass is 15.5. The topological polar surface area (TPSA) is 55.6 Å². The second kappa shape index (κ2) is 4.86. The van der Waals surface area contributed by atoms with Crippen LogP contribution in [0.4, 0.5) is 0 Å². The summed E-state index contributed by atoms with van der Waals surface area (Å²) in [6.07, 6.45) is 2.17. The molecule has 1 saturated heterocycles. The van der Waals surface area contributed by atoms with Crippen LogP contribution in [0.5, 0.6) is 0 Å². The van der Waals surface area contributed by atoms with Gasteiger partial charge in [-0.2, -0.15) is 0 Å². The molecule has 0 bridgehead atoms. The van der Waals surface area contributed by atoms with Gasteiger partial charge in [-0.05, 0) is 49.3 Å². The molecule has 2 heterocycles. The van der Waals surface area contributed by atoms with Gasteiger partial charge in [-0.25, -0.2) is 4.68 Å². The van der Waals surface area contributed by atoms with Gasteiger partial charge in [-0.1, -0.05) is 23.8 Å². The van der Waals surface area contributed by atoms with Gasteiger partial charge in [0.15, 0.2) is 5.82 Å². The zero-order valence-electron chi connectivity index (χ0n) is 10.5. The number of rotatable bonds is 2. The predicted molar refractivity (Wildman–Crippen MR) is 69.1 cm³/mol. The lowest BCUT2D eigenvalue weighted by atomic mass is 10.1. The smallest absolute Gasteiger partial charge is 0.182 e. The fourth-order valence-electron chi connectivity index (χ4n) is 2.47. The number of aromatic nitrogens is 4. The van der Waals surface area contributed by atoms with Crippen molar-refractivity contribution in [2.75, 3.05) is 13.1 Å². The van der Waals surface area contributed by atoms with Gasteiger partial charge in [0.05, 0.1) is 6.04 Å².